The van der Waals surface area contributed by atoms with Crippen LogP contribution in [0.2, 0.25) is 0 Å². The monoisotopic (exact) mass is 112 g/mol. The zero-order valence-electron chi connectivity index (χ0n) is 5.22. The molecule has 1 atom stereocenters. The van der Waals surface area contributed by atoms with Gasteiger partial charge in [-0.2, -0.15) is 5.26 Å². The number of nitriles is 1. The first kappa shape index (κ1) is 7.45. The van der Waals surface area contributed by atoms with Gasteiger partial charge in [-0.3, -0.25) is 0 Å². The third-order valence-corrected chi connectivity index (χ3v) is 1.10. The largest absolute Gasteiger partial charge is 0.329 e. The van der Waals surface area contributed by atoms with Crippen LogP contribution in [0.5, 0.6) is 0 Å². The molecule has 2 heteroatoms. The molecule has 0 aromatic heterocycles. The van der Waals surface area contributed by atoms with Gasteiger partial charge in [0, 0.05) is 6.54 Å². The van der Waals surface area contributed by atoms with E-state index in [9.17, 15) is 0 Å². The van der Waals surface area contributed by atoms with Crippen LogP contribution in [0.4, 0.5) is 0 Å². The molecule has 0 aromatic rings. The van der Waals surface area contributed by atoms with Crippen molar-refractivity contribution in [1.29, 1.82) is 5.26 Å². The molecule has 0 amide bonds. The molecular formula is C6H12N2. The van der Waals surface area contributed by atoms with Crippen molar-refractivity contribution in [2.75, 3.05) is 6.54 Å². The summed E-state index contributed by atoms with van der Waals surface area (Å²) in [7, 11) is 0. The summed E-state index contributed by atoms with van der Waals surface area (Å²) in [6.45, 7) is 2.56. The molecule has 0 saturated carbocycles. The number of hydrogen-bond acceptors (Lipinski definition) is 2. The van der Waals surface area contributed by atoms with Gasteiger partial charge < -0.3 is 5.73 Å². The highest BCUT2D eigenvalue weighted by Gasteiger charge is 1.99. The fourth-order valence-corrected chi connectivity index (χ4v) is 0.584. The van der Waals surface area contributed by atoms with Gasteiger partial charge in [0.2, 0.25) is 0 Å². The van der Waals surface area contributed by atoms with Crippen molar-refractivity contribution in [3.05, 3.63) is 0 Å². The van der Waals surface area contributed by atoms with E-state index in [1.165, 1.54) is 0 Å². The van der Waals surface area contributed by atoms with E-state index < -0.39 is 0 Å². The second-order valence-corrected chi connectivity index (χ2v) is 1.85. The Balaban J connectivity index is 3.26. The summed E-state index contributed by atoms with van der Waals surface area (Å²) in [6.07, 6.45) is 1.99. The fourth-order valence-electron chi connectivity index (χ4n) is 0.584. The maximum Gasteiger partial charge on any atom is 0.0669 e. The van der Waals surface area contributed by atoms with E-state index in [4.69, 9.17) is 11.0 Å². The van der Waals surface area contributed by atoms with Gasteiger partial charge in [-0.1, -0.05) is 13.3 Å². The van der Waals surface area contributed by atoms with Crippen LogP contribution in [0.3, 0.4) is 0 Å². The molecule has 1 unspecified atom stereocenters. The molecule has 0 aliphatic heterocycles. The van der Waals surface area contributed by atoms with Gasteiger partial charge in [0.05, 0.1) is 12.0 Å². The lowest BCUT2D eigenvalue weighted by Crippen LogP contribution is -2.11. The van der Waals surface area contributed by atoms with Crippen LogP contribution in [0.25, 0.3) is 0 Å². The molecule has 0 heterocycles. The van der Waals surface area contributed by atoms with Gasteiger partial charge >= 0.3 is 0 Å². The third kappa shape index (κ3) is 2.59. The van der Waals surface area contributed by atoms with Crippen molar-refractivity contribution in [3.63, 3.8) is 0 Å². The van der Waals surface area contributed by atoms with Crippen LogP contribution < -0.4 is 5.73 Å². The summed E-state index contributed by atoms with van der Waals surface area (Å²) in [5.41, 5.74) is 5.25. The normalized spacial score (nSPS) is 12.6. The molecule has 0 bridgehead atoms. The Labute approximate surface area is 50.3 Å². The highest BCUT2D eigenvalue weighted by Crippen LogP contribution is 2.00. The maximum absolute atomic E-state index is 8.33. The smallest absolute Gasteiger partial charge is 0.0669 e. The lowest BCUT2D eigenvalue weighted by Gasteiger charge is -1.99. The number of nitrogens with two attached hydrogens (primary N) is 1. The van der Waals surface area contributed by atoms with Crippen LogP contribution >= 0.6 is 0 Å². The average Bonchev–Trinajstić information content (AvgIpc) is 1.83. The van der Waals surface area contributed by atoms with Gasteiger partial charge in [0.1, 0.15) is 0 Å². The zero-order valence-corrected chi connectivity index (χ0v) is 5.22. The molecule has 2 nitrogen and oxygen atoms in total. The molecule has 0 aromatic carbocycles. The molecule has 46 valence electrons. The Morgan fingerprint density at radius 3 is 2.50 bits per heavy atom. The predicted octanol–water partition coefficient (Wildman–Crippen LogP) is 0.885. The molecule has 0 aliphatic rings. The van der Waals surface area contributed by atoms with E-state index in [-0.39, 0.29) is 5.92 Å². The van der Waals surface area contributed by atoms with Gasteiger partial charge in [-0.25, -0.2) is 0 Å². The molecular weight excluding hydrogens is 100 g/mol. The molecule has 8 heavy (non-hydrogen) atoms. The second-order valence-electron chi connectivity index (χ2n) is 1.85. The fraction of sp³-hybridized carbons (Fsp3) is 0.833. The zero-order chi connectivity index (χ0) is 6.41. The lowest BCUT2D eigenvalue weighted by atomic mass is 10.1. The van der Waals surface area contributed by atoms with Gasteiger partial charge in [0.15, 0.2) is 0 Å². The van der Waals surface area contributed by atoms with E-state index in [1.807, 2.05) is 0 Å². The SMILES string of the molecule is CCCC(C#N)CN. The highest BCUT2D eigenvalue weighted by atomic mass is 14.5. The maximum atomic E-state index is 8.33. The molecule has 0 aliphatic carbocycles. The third-order valence-electron chi connectivity index (χ3n) is 1.10. The molecule has 0 rings (SSSR count). The minimum absolute atomic E-state index is 0.0833. The summed E-state index contributed by atoms with van der Waals surface area (Å²) in [4.78, 5) is 0. The first-order valence-corrected chi connectivity index (χ1v) is 2.94. The van der Waals surface area contributed by atoms with Crippen LogP contribution in [0, 0.1) is 17.2 Å². The minimum Gasteiger partial charge on any atom is -0.329 e. The van der Waals surface area contributed by atoms with E-state index in [2.05, 4.69) is 13.0 Å². The highest BCUT2D eigenvalue weighted by molar-refractivity contribution is 4.82. The summed E-state index contributed by atoms with van der Waals surface area (Å²) >= 11 is 0. The molecule has 2 N–H and O–H groups in total. The average molecular weight is 112 g/mol. The topological polar surface area (TPSA) is 49.8 Å². The van der Waals surface area contributed by atoms with Gasteiger partial charge in [-0.05, 0) is 6.42 Å². The van der Waals surface area contributed by atoms with Crippen molar-refractivity contribution in [2.24, 2.45) is 11.7 Å². The molecule has 0 spiro atoms. The quantitative estimate of drug-likeness (QED) is 0.589. The second kappa shape index (κ2) is 4.61. The number of nitrogens with zero attached hydrogens (tertiary/aromatic N) is 1. The first-order chi connectivity index (χ1) is 3.85. The Morgan fingerprint density at radius 2 is 2.38 bits per heavy atom. The summed E-state index contributed by atoms with van der Waals surface area (Å²) < 4.78 is 0. The van der Waals surface area contributed by atoms with Crippen molar-refractivity contribution in [3.8, 4) is 6.07 Å². The summed E-state index contributed by atoms with van der Waals surface area (Å²) in [5, 5.41) is 8.33. The number of rotatable bonds is 3. The van der Waals surface area contributed by atoms with Crippen LogP contribution in [0.1, 0.15) is 19.8 Å². The molecule has 0 fully saturated rings. The van der Waals surface area contributed by atoms with Gasteiger partial charge in [-0.15, -0.1) is 0 Å². The van der Waals surface area contributed by atoms with E-state index >= 15 is 0 Å². The first-order valence-electron chi connectivity index (χ1n) is 2.94. The Kier molecular flexibility index (Phi) is 4.29. The summed E-state index contributed by atoms with van der Waals surface area (Å²) in [6, 6.07) is 2.13. The Morgan fingerprint density at radius 1 is 1.75 bits per heavy atom. The van der Waals surface area contributed by atoms with E-state index in [1.54, 1.807) is 0 Å². The van der Waals surface area contributed by atoms with E-state index in [0.717, 1.165) is 12.8 Å². The predicted molar refractivity (Wildman–Crippen MR) is 33.1 cm³/mol. The molecule has 0 saturated heterocycles. The van der Waals surface area contributed by atoms with Crippen LogP contribution in [-0.4, -0.2) is 6.54 Å². The minimum atomic E-state index is 0.0833. The molecule has 0 radical (unpaired) electrons. The van der Waals surface area contributed by atoms with Gasteiger partial charge in [0.25, 0.3) is 0 Å². The van der Waals surface area contributed by atoms with Crippen molar-refractivity contribution < 1.29 is 0 Å². The van der Waals surface area contributed by atoms with Crippen molar-refractivity contribution in [2.45, 2.75) is 19.8 Å². The van der Waals surface area contributed by atoms with Crippen LogP contribution in [0.15, 0.2) is 0 Å². The van der Waals surface area contributed by atoms with E-state index in [0.29, 0.717) is 6.54 Å². The summed E-state index contributed by atoms with van der Waals surface area (Å²) in [5.74, 6) is 0.0833. The standard InChI is InChI=1S/C6H12N2/c1-2-3-6(4-7)5-8/h6H,2-4,7H2,1H3. The lowest BCUT2D eigenvalue weighted by molar-refractivity contribution is 0.603. The Bertz CT molecular complexity index is 83.0. The van der Waals surface area contributed by atoms with Crippen molar-refractivity contribution >= 4 is 0 Å². The Hall–Kier alpha value is -0.550. The number of hydrogen-bond donors (Lipinski definition) is 1. The van der Waals surface area contributed by atoms with Crippen LogP contribution in [-0.2, 0) is 0 Å². The van der Waals surface area contributed by atoms with Crippen molar-refractivity contribution in [1.82, 2.24) is 0 Å².